The zero-order valence-electron chi connectivity index (χ0n) is 15.0. The van der Waals surface area contributed by atoms with Gasteiger partial charge in [0.05, 0.1) is 12.3 Å². The lowest BCUT2D eigenvalue weighted by atomic mass is 9.82. The topological polar surface area (TPSA) is 122 Å². The van der Waals surface area contributed by atoms with E-state index in [4.69, 9.17) is 4.84 Å². The average Bonchev–Trinajstić information content (AvgIpc) is 3.34. The van der Waals surface area contributed by atoms with Crippen LogP contribution in [0.15, 0.2) is 0 Å². The molecule has 0 bridgehead atoms. The van der Waals surface area contributed by atoms with Crippen LogP contribution in [0, 0.1) is 5.92 Å². The molecule has 6 unspecified atom stereocenters. The van der Waals surface area contributed by atoms with Gasteiger partial charge < -0.3 is 15.7 Å². The van der Waals surface area contributed by atoms with Crippen LogP contribution in [0.2, 0.25) is 0 Å². The van der Waals surface area contributed by atoms with Crippen LogP contribution >= 0.6 is 0 Å². The van der Waals surface area contributed by atoms with E-state index in [9.17, 15) is 9.90 Å². The Labute approximate surface area is 153 Å². The highest BCUT2D eigenvalue weighted by Gasteiger charge is 2.38. The predicted molar refractivity (Wildman–Crippen MR) is 93.7 cm³/mol. The van der Waals surface area contributed by atoms with Gasteiger partial charge in [0.1, 0.15) is 6.04 Å². The van der Waals surface area contributed by atoms with E-state index in [1.165, 1.54) is 0 Å². The quantitative estimate of drug-likeness (QED) is 0.297. The lowest BCUT2D eigenvalue weighted by Crippen LogP contribution is -2.63. The van der Waals surface area contributed by atoms with Crippen LogP contribution in [0.5, 0.6) is 0 Å². The number of carbonyl (C=O) groups excluding carboxylic acids is 1. The summed E-state index contributed by atoms with van der Waals surface area (Å²) >= 11 is 0. The van der Waals surface area contributed by atoms with Crippen LogP contribution in [-0.2, 0) is 9.63 Å². The summed E-state index contributed by atoms with van der Waals surface area (Å²) in [7, 11) is 0. The monoisotopic (exact) mass is 369 g/mol. The number of hydroxylamine groups is 1. The molecule has 0 spiro atoms. The Morgan fingerprint density at radius 3 is 2.73 bits per heavy atom. The fourth-order valence-corrected chi connectivity index (χ4v) is 4.52. The lowest BCUT2D eigenvalue weighted by molar-refractivity contribution is -0.126. The molecule has 0 aromatic rings. The minimum atomic E-state index is -0.987. The molecule has 1 aliphatic carbocycles. The number of nitrogens with one attached hydrogen (secondary N) is 6. The van der Waals surface area contributed by atoms with Gasteiger partial charge in [0.15, 0.2) is 0 Å². The van der Waals surface area contributed by atoms with E-state index in [2.05, 4.69) is 37.2 Å². The summed E-state index contributed by atoms with van der Waals surface area (Å²) in [5.41, 5.74) is 9.34. The van der Waals surface area contributed by atoms with Gasteiger partial charge in [-0.1, -0.05) is 12.8 Å². The largest absolute Gasteiger partial charge is 0.355 e. The Bertz CT molecular complexity index is 482. The molecule has 4 fully saturated rings. The van der Waals surface area contributed by atoms with E-state index in [1.807, 2.05) is 0 Å². The molecule has 6 atom stereocenters. The summed E-state index contributed by atoms with van der Waals surface area (Å²) in [4.78, 5) is 20.1. The summed E-state index contributed by atoms with van der Waals surface area (Å²) in [5, 5.41) is 19.0. The molecule has 4 rings (SSSR count). The first-order chi connectivity index (χ1) is 12.7. The summed E-state index contributed by atoms with van der Waals surface area (Å²) in [6.07, 6.45) is 5.10. The molecule has 3 heterocycles. The zero-order chi connectivity index (χ0) is 17.9. The minimum Gasteiger partial charge on any atom is -0.355 e. The van der Waals surface area contributed by atoms with Crippen LogP contribution in [0.25, 0.3) is 0 Å². The molecule has 0 radical (unpaired) electrons. The van der Waals surface area contributed by atoms with Gasteiger partial charge in [0, 0.05) is 31.7 Å². The normalized spacial score (nSPS) is 42.0. The van der Waals surface area contributed by atoms with E-state index in [1.54, 1.807) is 0 Å². The second-order valence-electron chi connectivity index (χ2n) is 7.70. The molecule has 0 aromatic carbocycles. The van der Waals surface area contributed by atoms with Gasteiger partial charge in [-0.2, -0.15) is 5.48 Å². The molecule has 10 nitrogen and oxygen atoms in total. The van der Waals surface area contributed by atoms with Crippen molar-refractivity contribution in [3.8, 4) is 0 Å². The van der Waals surface area contributed by atoms with Gasteiger partial charge in [0.25, 0.3) is 0 Å². The standard InChI is InChI=1S/C16H31N7O3/c24-15(12-5-6-13(21-20-12)23-8-7-17-9-23)18-11-4-2-1-3-10(11)14-19-16(25)26-22-14/h10-14,16-17,19-22,25H,1-9H2,(H,18,24). The third-order valence-corrected chi connectivity index (χ3v) is 6.00. The van der Waals surface area contributed by atoms with E-state index in [0.29, 0.717) is 0 Å². The number of hydrogen-bond donors (Lipinski definition) is 7. The zero-order valence-corrected chi connectivity index (χ0v) is 15.0. The van der Waals surface area contributed by atoms with Crippen molar-refractivity contribution in [1.29, 1.82) is 0 Å². The van der Waals surface area contributed by atoms with Crippen LogP contribution in [0.1, 0.15) is 38.5 Å². The third kappa shape index (κ3) is 4.18. The molecule has 7 N–H and O–H groups in total. The third-order valence-electron chi connectivity index (χ3n) is 6.00. The molecular weight excluding hydrogens is 338 g/mol. The molecule has 26 heavy (non-hydrogen) atoms. The van der Waals surface area contributed by atoms with Crippen LogP contribution in [-0.4, -0.2) is 66.5 Å². The molecule has 148 valence electrons. The van der Waals surface area contributed by atoms with Gasteiger partial charge in [0.2, 0.25) is 12.3 Å². The highest BCUT2D eigenvalue weighted by molar-refractivity contribution is 5.82. The molecule has 3 saturated heterocycles. The average molecular weight is 369 g/mol. The highest BCUT2D eigenvalue weighted by Crippen LogP contribution is 2.28. The maximum absolute atomic E-state index is 12.8. The van der Waals surface area contributed by atoms with Gasteiger partial charge in [-0.05, 0) is 25.7 Å². The number of rotatable bonds is 4. The molecule has 10 heteroatoms. The first-order valence-electron chi connectivity index (χ1n) is 9.82. The predicted octanol–water partition coefficient (Wildman–Crippen LogP) is -2.17. The fraction of sp³-hybridized carbons (Fsp3) is 0.938. The first kappa shape index (κ1) is 18.5. The van der Waals surface area contributed by atoms with Crippen molar-refractivity contribution in [2.75, 3.05) is 19.8 Å². The highest BCUT2D eigenvalue weighted by atomic mass is 16.8. The van der Waals surface area contributed by atoms with Crippen LogP contribution in [0.4, 0.5) is 0 Å². The van der Waals surface area contributed by atoms with E-state index in [0.717, 1.165) is 58.3 Å². The molecule has 3 aliphatic heterocycles. The van der Waals surface area contributed by atoms with E-state index >= 15 is 0 Å². The maximum Gasteiger partial charge on any atom is 0.238 e. The van der Waals surface area contributed by atoms with E-state index in [-0.39, 0.29) is 36.2 Å². The van der Waals surface area contributed by atoms with Crippen molar-refractivity contribution >= 4 is 5.91 Å². The number of hydrazine groups is 1. The van der Waals surface area contributed by atoms with Crippen molar-refractivity contribution in [3.05, 3.63) is 0 Å². The van der Waals surface area contributed by atoms with Gasteiger partial charge in [-0.25, -0.2) is 16.2 Å². The number of aliphatic hydroxyl groups is 1. The molecular formula is C16H31N7O3. The van der Waals surface area contributed by atoms with Gasteiger partial charge in [-0.15, -0.1) is 0 Å². The Kier molecular flexibility index (Phi) is 6.01. The Morgan fingerprint density at radius 1 is 1.15 bits per heavy atom. The van der Waals surface area contributed by atoms with Crippen molar-refractivity contribution in [2.24, 2.45) is 5.92 Å². The lowest BCUT2D eigenvalue weighted by Gasteiger charge is -2.38. The Morgan fingerprint density at radius 2 is 2.04 bits per heavy atom. The smallest absolute Gasteiger partial charge is 0.238 e. The molecule has 0 aromatic heterocycles. The summed E-state index contributed by atoms with van der Waals surface area (Å²) in [6.45, 7) is 2.96. The SMILES string of the molecule is O=C(NC1CCCCC1C1NOC(O)N1)C1CCC(N2CCNC2)NN1. The van der Waals surface area contributed by atoms with Gasteiger partial charge >= 0.3 is 0 Å². The van der Waals surface area contributed by atoms with E-state index < -0.39 is 6.41 Å². The van der Waals surface area contributed by atoms with Crippen LogP contribution < -0.4 is 32.3 Å². The minimum absolute atomic E-state index is 0.0480. The number of carbonyl (C=O) groups is 1. The number of hydrogen-bond acceptors (Lipinski definition) is 9. The second-order valence-corrected chi connectivity index (χ2v) is 7.70. The van der Waals surface area contributed by atoms with Crippen molar-refractivity contribution in [3.63, 3.8) is 0 Å². The number of aliphatic hydroxyl groups excluding tert-OH is 1. The van der Waals surface area contributed by atoms with Crippen molar-refractivity contribution in [2.45, 2.75) is 69.4 Å². The number of amides is 1. The Balaban J connectivity index is 1.28. The van der Waals surface area contributed by atoms with Crippen molar-refractivity contribution in [1.82, 2.24) is 37.2 Å². The second kappa shape index (κ2) is 8.44. The molecule has 1 amide bonds. The van der Waals surface area contributed by atoms with Gasteiger partial charge in [-0.3, -0.25) is 14.5 Å². The first-order valence-corrected chi connectivity index (χ1v) is 9.82. The summed E-state index contributed by atoms with van der Waals surface area (Å²) in [5.74, 6) is 0.247. The fourth-order valence-electron chi connectivity index (χ4n) is 4.52. The van der Waals surface area contributed by atoms with Crippen molar-refractivity contribution < 1.29 is 14.7 Å². The number of nitrogens with zero attached hydrogens (tertiary/aromatic N) is 1. The molecule has 1 saturated carbocycles. The summed E-state index contributed by atoms with van der Waals surface area (Å²) < 4.78 is 0. The Hall–Kier alpha value is -0.850. The molecule has 4 aliphatic rings. The maximum atomic E-state index is 12.8. The summed E-state index contributed by atoms with van der Waals surface area (Å²) in [6, 6.07) is -0.131. The van der Waals surface area contributed by atoms with Crippen LogP contribution in [0.3, 0.4) is 0 Å².